The molecule has 0 atom stereocenters. The molecule has 1 aliphatic heterocycles. The fraction of sp³-hybridized carbons (Fsp3) is 0.143. The molecule has 1 aromatic heterocycles. The Morgan fingerprint density at radius 2 is 1.77 bits per heavy atom. The highest BCUT2D eigenvalue weighted by Crippen LogP contribution is 2.27. The summed E-state index contributed by atoms with van der Waals surface area (Å²) in [6.45, 7) is 0.830. The van der Waals surface area contributed by atoms with Gasteiger partial charge in [-0.15, -0.1) is 11.3 Å². The molecule has 0 bridgehead atoms. The number of nitrogen functional groups attached to an aromatic ring is 1. The lowest BCUT2D eigenvalue weighted by Crippen LogP contribution is -2.35. The minimum atomic E-state index is -1.04. The number of hydrogen-bond acceptors (Lipinski definition) is 6. The molecule has 4 N–H and O–H groups in total. The maximum Gasteiger partial charge on any atom is 0.335 e. The van der Waals surface area contributed by atoms with Gasteiger partial charge in [0.25, 0.3) is 11.8 Å². The van der Waals surface area contributed by atoms with Crippen molar-refractivity contribution in [2.75, 3.05) is 17.6 Å². The van der Waals surface area contributed by atoms with E-state index in [2.05, 4.69) is 10.3 Å². The van der Waals surface area contributed by atoms with Gasteiger partial charge in [0.2, 0.25) is 0 Å². The van der Waals surface area contributed by atoms with Crippen LogP contribution in [0.5, 0.6) is 0 Å². The van der Waals surface area contributed by atoms with Gasteiger partial charge < -0.3 is 21.1 Å². The molecule has 1 aliphatic rings. The third kappa shape index (κ3) is 3.87. The van der Waals surface area contributed by atoms with Crippen LogP contribution in [0.15, 0.2) is 48.5 Å². The molecular weight excluding hydrogens is 404 g/mol. The quantitative estimate of drug-likeness (QED) is 0.555. The van der Waals surface area contributed by atoms with Crippen molar-refractivity contribution < 1.29 is 19.5 Å². The number of nitrogens with zero attached hydrogens (tertiary/aromatic N) is 2. The highest BCUT2D eigenvalue weighted by molar-refractivity contribution is 7.13. The van der Waals surface area contributed by atoms with Crippen LogP contribution in [-0.2, 0) is 13.0 Å². The lowest BCUT2D eigenvalue weighted by atomic mass is 10.1. The molecule has 8 nitrogen and oxygen atoms in total. The average molecular weight is 422 g/mol. The largest absolute Gasteiger partial charge is 0.478 e. The van der Waals surface area contributed by atoms with Gasteiger partial charge in [-0.3, -0.25) is 9.59 Å². The summed E-state index contributed by atoms with van der Waals surface area (Å²) in [5.74, 6) is -1.56. The molecule has 3 aromatic rings. The fourth-order valence-corrected chi connectivity index (χ4v) is 4.21. The van der Waals surface area contributed by atoms with Crippen molar-refractivity contribution in [2.45, 2.75) is 13.0 Å². The number of para-hydroxylation sites is 2. The summed E-state index contributed by atoms with van der Waals surface area (Å²) in [7, 11) is 0. The van der Waals surface area contributed by atoms with Gasteiger partial charge in [-0.05, 0) is 36.4 Å². The Morgan fingerprint density at radius 1 is 1.07 bits per heavy atom. The number of anilines is 2. The van der Waals surface area contributed by atoms with E-state index < -0.39 is 5.97 Å². The smallest absolute Gasteiger partial charge is 0.335 e. The van der Waals surface area contributed by atoms with Gasteiger partial charge in [0.15, 0.2) is 5.01 Å². The molecule has 0 radical (unpaired) electrons. The predicted molar refractivity (Wildman–Crippen MR) is 113 cm³/mol. The van der Waals surface area contributed by atoms with Gasteiger partial charge >= 0.3 is 5.97 Å². The number of carboxylic acid groups (broad SMARTS) is 1. The van der Waals surface area contributed by atoms with E-state index in [1.165, 1.54) is 35.6 Å². The minimum absolute atomic E-state index is 0.129. The number of hydrogen-bond donors (Lipinski definition) is 3. The van der Waals surface area contributed by atoms with Crippen molar-refractivity contribution in [1.29, 1.82) is 0 Å². The molecule has 0 saturated carbocycles. The van der Waals surface area contributed by atoms with E-state index in [0.717, 1.165) is 10.6 Å². The zero-order valence-electron chi connectivity index (χ0n) is 15.8. The average Bonchev–Trinajstić information content (AvgIpc) is 3.18. The van der Waals surface area contributed by atoms with Crippen molar-refractivity contribution in [3.8, 4) is 0 Å². The Bertz CT molecular complexity index is 1140. The summed E-state index contributed by atoms with van der Waals surface area (Å²) in [5, 5.41) is 12.1. The molecule has 152 valence electrons. The third-order valence-corrected chi connectivity index (χ3v) is 5.88. The maximum atomic E-state index is 12.8. The zero-order valence-corrected chi connectivity index (χ0v) is 16.6. The first kappa shape index (κ1) is 19.6. The van der Waals surface area contributed by atoms with Gasteiger partial charge in [0, 0.05) is 23.4 Å². The normalized spacial score (nSPS) is 12.9. The van der Waals surface area contributed by atoms with Crippen LogP contribution in [0.1, 0.15) is 41.1 Å². The number of aromatic carboxylic acids is 1. The number of nitrogens with two attached hydrogens (primary N) is 1. The standard InChI is InChI=1S/C21H18N4O4S/c22-14-3-1-2-4-15(14)23-18(26)19-24-16-9-10-25(11-17(16)30-19)20(27)12-5-7-13(8-6-12)21(28)29/h1-8H,9-11,22H2,(H,23,26)(H,28,29). The van der Waals surface area contributed by atoms with Crippen LogP contribution in [-0.4, -0.2) is 39.3 Å². The molecule has 9 heteroatoms. The predicted octanol–water partition coefficient (Wildman–Crippen LogP) is 2.87. The second-order valence-corrected chi connectivity index (χ2v) is 7.87. The van der Waals surface area contributed by atoms with Crippen LogP contribution in [0.4, 0.5) is 11.4 Å². The number of carbonyl (C=O) groups excluding carboxylic acids is 2. The fourth-order valence-electron chi connectivity index (χ4n) is 3.19. The summed E-state index contributed by atoms with van der Waals surface area (Å²) >= 11 is 1.26. The molecule has 4 rings (SSSR count). The van der Waals surface area contributed by atoms with Gasteiger partial charge in [0.1, 0.15) is 0 Å². The van der Waals surface area contributed by atoms with Crippen molar-refractivity contribution in [3.63, 3.8) is 0 Å². The van der Waals surface area contributed by atoms with Crippen molar-refractivity contribution in [2.24, 2.45) is 0 Å². The van der Waals surface area contributed by atoms with E-state index >= 15 is 0 Å². The molecule has 0 fully saturated rings. The summed E-state index contributed by atoms with van der Waals surface area (Å²) < 4.78 is 0. The Labute approximate surface area is 176 Å². The molecule has 0 saturated heterocycles. The van der Waals surface area contributed by atoms with E-state index in [1.54, 1.807) is 29.2 Å². The van der Waals surface area contributed by atoms with E-state index in [-0.39, 0.29) is 17.4 Å². The maximum absolute atomic E-state index is 12.8. The minimum Gasteiger partial charge on any atom is -0.478 e. The van der Waals surface area contributed by atoms with Crippen LogP contribution < -0.4 is 11.1 Å². The van der Waals surface area contributed by atoms with Crippen molar-refractivity contribution in [1.82, 2.24) is 9.88 Å². The Morgan fingerprint density at radius 3 is 2.47 bits per heavy atom. The zero-order chi connectivity index (χ0) is 21.3. The van der Waals surface area contributed by atoms with E-state index in [0.29, 0.717) is 41.5 Å². The van der Waals surface area contributed by atoms with Crippen LogP contribution >= 0.6 is 11.3 Å². The van der Waals surface area contributed by atoms with E-state index in [1.807, 2.05) is 0 Å². The number of amides is 2. The number of aromatic nitrogens is 1. The van der Waals surface area contributed by atoms with Crippen LogP contribution in [0.3, 0.4) is 0 Å². The summed E-state index contributed by atoms with van der Waals surface area (Å²) in [4.78, 5) is 43.3. The number of rotatable bonds is 4. The number of thiazole rings is 1. The Hall–Kier alpha value is -3.72. The summed E-state index contributed by atoms with van der Waals surface area (Å²) in [6.07, 6.45) is 0.547. The SMILES string of the molecule is Nc1ccccc1NC(=O)c1nc2c(s1)CN(C(=O)c1ccc(C(=O)O)cc1)CC2. The van der Waals surface area contributed by atoms with Crippen molar-refractivity contribution in [3.05, 3.63) is 75.2 Å². The molecule has 0 spiro atoms. The highest BCUT2D eigenvalue weighted by atomic mass is 32.1. The van der Waals surface area contributed by atoms with E-state index in [4.69, 9.17) is 10.8 Å². The van der Waals surface area contributed by atoms with Crippen LogP contribution in [0.2, 0.25) is 0 Å². The first-order valence-corrected chi connectivity index (χ1v) is 10.0. The van der Waals surface area contributed by atoms with Gasteiger partial charge in [0.05, 0.1) is 29.2 Å². The van der Waals surface area contributed by atoms with E-state index in [9.17, 15) is 14.4 Å². The summed E-state index contributed by atoms with van der Waals surface area (Å²) in [5.41, 5.74) is 8.23. The number of carboxylic acids is 1. The molecule has 30 heavy (non-hydrogen) atoms. The Kier molecular flexibility index (Phi) is 5.20. The van der Waals surface area contributed by atoms with Gasteiger partial charge in [-0.25, -0.2) is 9.78 Å². The van der Waals surface area contributed by atoms with Gasteiger partial charge in [-0.2, -0.15) is 0 Å². The second-order valence-electron chi connectivity index (χ2n) is 6.79. The molecule has 2 aromatic carbocycles. The lowest BCUT2D eigenvalue weighted by Gasteiger charge is -2.26. The second kappa shape index (κ2) is 7.96. The third-order valence-electron chi connectivity index (χ3n) is 4.80. The topological polar surface area (TPSA) is 126 Å². The number of fused-ring (bicyclic) bond motifs is 1. The molecule has 0 aliphatic carbocycles. The van der Waals surface area contributed by atoms with Crippen LogP contribution in [0.25, 0.3) is 0 Å². The molecular formula is C21H18N4O4S. The first-order valence-electron chi connectivity index (χ1n) is 9.19. The van der Waals surface area contributed by atoms with Crippen LogP contribution in [0, 0.1) is 0 Å². The monoisotopic (exact) mass is 422 g/mol. The first-order chi connectivity index (χ1) is 14.4. The Balaban J connectivity index is 1.47. The number of carbonyl (C=O) groups is 3. The number of benzene rings is 2. The lowest BCUT2D eigenvalue weighted by molar-refractivity contribution is 0.0692. The van der Waals surface area contributed by atoms with Crippen molar-refractivity contribution >= 4 is 40.5 Å². The summed E-state index contributed by atoms with van der Waals surface area (Å²) in [6, 6.07) is 12.8. The number of nitrogens with one attached hydrogen (secondary N) is 1. The molecule has 2 heterocycles. The molecule has 0 unspecified atom stereocenters. The highest BCUT2D eigenvalue weighted by Gasteiger charge is 2.26. The molecule has 2 amide bonds. The van der Waals surface area contributed by atoms with Gasteiger partial charge in [-0.1, -0.05) is 12.1 Å².